The number of hydrogen-bond donors (Lipinski definition) is 0. The fourth-order valence-electron chi connectivity index (χ4n) is 2.15. The zero-order valence-electron chi connectivity index (χ0n) is 7.41. The van der Waals surface area contributed by atoms with Gasteiger partial charge in [-0.3, -0.25) is 0 Å². The zero-order valence-corrected chi connectivity index (χ0v) is 7.41. The highest BCUT2D eigenvalue weighted by atomic mass is 16.6. The molecule has 0 amide bonds. The molecular formula is C11H10O2. The van der Waals surface area contributed by atoms with E-state index in [1.807, 2.05) is 31.2 Å². The highest BCUT2D eigenvalue weighted by molar-refractivity contribution is 5.93. The lowest BCUT2D eigenvalue weighted by Gasteiger charge is -2.20. The monoisotopic (exact) mass is 174 g/mol. The molecule has 13 heavy (non-hydrogen) atoms. The number of carbonyl (C=O) groups excluding carboxylic acids is 1. The van der Waals surface area contributed by atoms with Gasteiger partial charge in [-0.1, -0.05) is 18.2 Å². The number of fused-ring (bicyclic) bond motifs is 3. The van der Waals surface area contributed by atoms with Crippen molar-refractivity contribution in [1.82, 2.24) is 0 Å². The Kier molecular flexibility index (Phi) is 1.07. The lowest BCUT2D eigenvalue weighted by molar-refractivity contribution is 0.0226. The average molecular weight is 174 g/mol. The van der Waals surface area contributed by atoms with Crippen LogP contribution in [0.5, 0.6) is 0 Å². The topological polar surface area (TPSA) is 26.3 Å². The van der Waals surface area contributed by atoms with E-state index in [2.05, 4.69) is 0 Å². The largest absolute Gasteiger partial charge is 0.455 e. The molecule has 2 nitrogen and oxygen atoms in total. The van der Waals surface area contributed by atoms with Crippen molar-refractivity contribution in [3.05, 3.63) is 35.4 Å². The van der Waals surface area contributed by atoms with E-state index >= 15 is 0 Å². The van der Waals surface area contributed by atoms with E-state index in [-0.39, 0.29) is 11.6 Å². The highest BCUT2D eigenvalue weighted by Gasteiger charge is 2.58. The summed E-state index contributed by atoms with van der Waals surface area (Å²) in [4.78, 5) is 11.5. The van der Waals surface area contributed by atoms with Gasteiger partial charge in [0.15, 0.2) is 0 Å². The van der Waals surface area contributed by atoms with Crippen LogP contribution in [0.4, 0.5) is 0 Å². The van der Waals surface area contributed by atoms with Crippen LogP contribution in [0.1, 0.15) is 35.2 Å². The Morgan fingerprint density at radius 1 is 1.46 bits per heavy atom. The van der Waals surface area contributed by atoms with Crippen molar-refractivity contribution in [1.29, 1.82) is 0 Å². The van der Waals surface area contributed by atoms with Gasteiger partial charge in [-0.2, -0.15) is 0 Å². The van der Waals surface area contributed by atoms with Crippen LogP contribution in [0, 0.1) is 0 Å². The summed E-state index contributed by atoms with van der Waals surface area (Å²) in [6.07, 6.45) is 0.982. The van der Waals surface area contributed by atoms with E-state index in [4.69, 9.17) is 4.74 Å². The smallest absolute Gasteiger partial charge is 0.338 e. The molecule has 1 aromatic carbocycles. The Morgan fingerprint density at radius 2 is 2.23 bits per heavy atom. The van der Waals surface area contributed by atoms with Gasteiger partial charge in [-0.25, -0.2) is 4.79 Å². The number of hydrogen-bond acceptors (Lipinski definition) is 2. The molecular weight excluding hydrogens is 164 g/mol. The first kappa shape index (κ1) is 7.13. The molecule has 2 atom stereocenters. The van der Waals surface area contributed by atoms with E-state index in [0.717, 1.165) is 12.0 Å². The van der Waals surface area contributed by atoms with Crippen molar-refractivity contribution < 1.29 is 9.53 Å². The zero-order chi connectivity index (χ0) is 9.05. The van der Waals surface area contributed by atoms with Crippen LogP contribution in [0.15, 0.2) is 24.3 Å². The number of carbonyl (C=O) groups is 1. The second kappa shape index (κ2) is 1.95. The molecule has 0 bridgehead atoms. The van der Waals surface area contributed by atoms with E-state index in [1.165, 1.54) is 5.56 Å². The Hall–Kier alpha value is -1.31. The third-order valence-corrected chi connectivity index (χ3v) is 3.07. The van der Waals surface area contributed by atoms with E-state index < -0.39 is 0 Å². The van der Waals surface area contributed by atoms with Crippen LogP contribution in [0.25, 0.3) is 0 Å². The molecule has 0 N–H and O–H groups in total. The number of rotatable bonds is 0. The second-order valence-electron chi connectivity index (χ2n) is 4.05. The molecule has 66 valence electrons. The quantitative estimate of drug-likeness (QED) is 0.563. The van der Waals surface area contributed by atoms with Gasteiger partial charge in [-0.15, -0.1) is 0 Å². The normalized spacial score (nSPS) is 34.5. The van der Waals surface area contributed by atoms with Gasteiger partial charge < -0.3 is 4.74 Å². The summed E-state index contributed by atoms with van der Waals surface area (Å²) in [6.45, 7) is 2.01. The number of ether oxygens (including phenoxy) is 1. The lowest BCUT2D eigenvalue weighted by atomic mass is 9.99. The lowest BCUT2D eigenvalue weighted by Crippen LogP contribution is -2.24. The molecule has 1 aliphatic carbocycles. The minimum absolute atomic E-state index is 0.160. The van der Waals surface area contributed by atoms with Crippen LogP contribution in [0.2, 0.25) is 0 Å². The summed E-state index contributed by atoms with van der Waals surface area (Å²) < 4.78 is 5.34. The van der Waals surface area contributed by atoms with Crippen molar-refractivity contribution in [2.45, 2.75) is 24.9 Å². The summed E-state index contributed by atoms with van der Waals surface area (Å²) in [5.41, 5.74) is 1.73. The molecule has 1 fully saturated rings. The molecule has 0 aromatic heterocycles. The molecule has 0 spiro atoms. The summed E-state index contributed by atoms with van der Waals surface area (Å²) in [5, 5.41) is 0. The Labute approximate surface area is 76.5 Å². The second-order valence-corrected chi connectivity index (χ2v) is 4.05. The van der Waals surface area contributed by atoms with Crippen LogP contribution in [-0.2, 0) is 4.74 Å². The SMILES string of the molecule is C[C@]12C[C@H]1c1ccccc1C(=O)O2. The fourth-order valence-corrected chi connectivity index (χ4v) is 2.15. The van der Waals surface area contributed by atoms with Crippen LogP contribution in [0.3, 0.4) is 0 Å². The van der Waals surface area contributed by atoms with Gasteiger partial charge in [0.05, 0.1) is 5.56 Å². The van der Waals surface area contributed by atoms with E-state index in [1.54, 1.807) is 0 Å². The summed E-state index contributed by atoms with van der Waals surface area (Å²) >= 11 is 0. The predicted octanol–water partition coefficient (Wildman–Crippen LogP) is 2.10. The Bertz CT molecular complexity index is 397. The van der Waals surface area contributed by atoms with Crippen molar-refractivity contribution in [2.75, 3.05) is 0 Å². The van der Waals surface area contributed by atoms with Crippen molar-refractivity contribution in [2.24, 2.45) is 0 Å². The van der Waals surface area contributed by atoms with Gasteiger partial charge in [-0.05, 0) is 25.0 Å². The molecule has 3 rings (SSSR count). The van der Waals surface area contributed by atoms with Crippen molar-refractivity contribution >= 4 is 5.97 Å². The first-order valence-corrected chi connectivity index (χ1v) is 4.53. The van der Waals surface area contributed by atoms with Gasteiger partial charge >= 0.3 is 5.97 Å². The van der Waals surface area contributed by atoms with Crippen LogP contribution < -0.4 is 0 Å². The highest BCUT2D eigenvalue weighted by Crippen LogP contribution is 2.57. The fraction of sp³-hybridized carbons (Fsp3) is 0.364. The molecule has 0 unspecified atom stereocenters. The predicted molar refractivity (Wildman–Crippen MR) is 47.6 cm³/mol. The number of benzene rings is 1. The molecule has 1 heterocycles. The average Bonchev–Trinajstić information content (AvgIpc) is 2.78. The molecule has 2 aliphatic rings. The van der Waals surface area contributed by atoms with Crippen LogP contribution in [-0.4, -0.2) is 11.6 Å². The molecule has 1 aliphatic heterocycles. The van der Waals surface area contributed by atoms with Gasteiger partial charge in [0.2, 0.25) is 0 Å². The minimum Gasteiger partial charge on any atom is -0.455 e. The maximum atomic E-state index is 11.5. The van der Waals surface area contributed by atoms with Gasteiger partial charge in [0.25, 0.3) is 0 Å². The third-order valence-electron chi connectivity index (χ3n) is 3.07. The first-order chi connectivity index (χ1) is 6.21. The van der Waals surface area contributed by atoms with Crippen molar-refractivity contribution in [3.8, 4) is 0 Å². The summed E-state index contributed by atoms with van der Waals surface area (Å²) in [5.74, 6) is 0.285. The molecule has 0 saturated heterocycles. The van der Waals surface area contributed by atoms with E-state index in [0.29, 0.717) is 5.92 Å². The number of esters is 1. The maximum Gasteiger partial charge on any atom is 0.338 e. The third kappa shape index (κ3) is 0.804. The molecule has 2 heteroatoms. The Balaban J connectivity index is 2.20. The molecule has 1 saturated carbocycles. The summed E-state index contributed by atoms with van der Waals surface area (Å²) in [7, 11) is 0. The van der Waals surface area contributed by atoms with Crippen molar-refractivity contribution in [3.63, 3.8) is 0 Å². The van der Waals surface area contributed by atoms with Gasteiger partial charge in [0, 0.05) is 5.92 Å². The standard InChI is InChI=1S/C11H10O2/c1-11-6-9(11)7-4-2-3-5-8(7)10(12)13-11/h2-5,9H,6H2,1H3/t9-,11-/m0/s1. The molecule has 1 aromatic rings. The Morgan fingerprint density at radius 3 is 3.08 bits per heavy atom. The van der Waals surface area contributed by atoms with E-state index in [9.17, 15) is 4.79 Å². The molecule has 0 radical (unpaired) electrons. The summed E-state index contributed by atoms with van der Waals surface area (Å²) in [6, 6.07) is 7.74. The maximum absolute atomic E-state index is 11.5. The minimum atomic E-state index is -0.189. The van der Waals surface area contributed by atoms with Crippen LogP contribution >= 0.6 is 0 Å². The van der Waals surface area contributed by atoms with Gasteiger partial charge in [0.1, 0.15) is 5.60 Å². The first-order valence-electron chi connectivity index (χ1n) is 4.53.